The summed E-state index contributed by atoms with van der Waals surface area (Å²) in [5.41, 5.74) is 0. The minimum atomic E-state index is -0.307. The Morgan fingerprint density at radius 3 is 2.75 bits per heavy atom. The predicted octanol–water partition coefficient (Wildman–Crippen LogP) is 1.02. The summed E-state index contributed by atoms with van der Waals surface area (Å²) in [5.74, 6) is 0.673. The van der Waals surface area contributed by atoms with Crippen molar-refractivity contribution in [3.05, 3.63) is 0 Å². The molecule has 0 aromatic rings. The van der Waals surface area contributed by atoms with E-state index in [-0.39, 0.29) is 23.9 Å². The zero-order valence-corrected chi connectivity index (χ0v) is 12.2. The maximum absolute atomic E-state index is 12.7. The van der Waals surface area contributed by atoms with Gasteiger partial charge in [-0.1, -0.05) is 0 Å². The van der Waals surface area contributed by atoms with Crippen molar-refractivity contribution in [2.75, 3.05) is 26.3 Å². The van der Waals surface area contributed by atoms with Crippen molar-refractivity contribution >= 4 is 11.8 Å². The molecule has 3 unspecified atom stereocenters. The van der Waals surface area contributed by atoms with Crippen LogP contribution in [0.25, 0.3) is 0 Å². The summed E-state index contributed by atoms with van der Waals surface area (Å²) in [5, 5.41) is 0. The number of carbonyl (C=O) groups excluding carboxylic acids is 2. The van der Waals surface area contributed by atoms with E-state index >= 15 is 0 Å². The van der Waals surface area contributed by atoms with Crippen LogP contribution in [0.3, 0.4) is 0 Å². The maximum atomic E-state index is 12.7. The van der Waals surface area contributed by atoms with Gasteiger partial charge in [0.05, 0.1) is 6.61 Å². The quantitative estimate of drug-likeness (QED) is 0.759. The van der Waals surface area contributed by atoms with Gasteiger partial charge in [0.15, 0.2) is 0 Å². The van der Waals surface area contributed by atoms with Crippen LogP contribution in [0.4, 0.5) is 0 Å². The highest BCUT2D eigenvalue weighted by atomic mass is 16.5. The first-order valence-corrected chi connectivity index (χ1v) is 7.87. The highest BCUT2D eigenvalue weighted by molar-refractivity contribution is 5.96. The third-order valence-corrected chi connectivity index (χ3v) is 4.89. The van der Waals surface area contributed by atoms with E-state index in [0.29, 0.717) is 12.5 Å². The lowest BCUT2D eigenvalue weighted by molar-refractivity contribution is -0.164. The molecule has 0 spiro atoms. The second kappa shape index (κ2) is 5.72. The van der Waals surface area contributed by atoms with Crippen LogP contribution < -0.4 is 0 Å². The van der Waals surface area contributed by atoms with Gasteiger partial charge in [-0.25, -0.2) is 0 Å². The molecule has 3 heterocycles. The topological polar surface area (TPSA) is 49.9 Å². The molecular weight excluding hydrogens is 256 g/mol. The Labute approximate surface area is 120 Å². The van der Waals surface area contributed by atoms with Gasteiger partial charge in [-0.3, -0.25) is 9.59 Å². The fraction of sp³-hybridized carbons (Fsp3) is 0.867. The average Bonchev–Trinajstić information content (AvgIpc) is 2.50. The van der Waals surface area contributed by atoms with Crippen molar-refractivity contribution < 1.29 is 14.3 Å². The summed E-state index contributed by atoms with van der Waals surface area (Å²) in [7, 11) is 0. The Kier molecular flexibility index (Phi) is 3.96. The lowest BCUT2D eigenvalue weighted by atomic mass is 9.93. The summed E-state index contributed by atoms with van der Waals surface area (Å²) >= 11 is 0. The van der Waals surface area contributed by atoms with Crippen LogP contribution in [0.15, 0.2) is 0 Å². The van der Waals surface area contributed by atoms with Crippen LogP contribution >= 0.6 is 0 Å². The summed E-state index contributed by atoms with van der Waals surface area (Å²) in [6, 6.07) is -0.504. The minimum Gasteiger partial charge on any atom is -0.381 e. The molecule has 3 saturated heterocycles. The lowest BCUT2D eigenvalue weighted by Gasteiger charge is -2.47. The Balaban J connectivity index is 1.72. The number of piperidine rings is 1. The van der Waals surface area contributed by atoms with Gasteiger partial charge in [0.2, 0.25) is 11.8 Å². The molecule has 3 aliphatic heterocycles. The Morgan fingerprint density at radius 1 is 1.15 bits per heavy atom. The van der Waals surface area contributed by atoms with Crippen molar-refractivity contribution in [2.45, 2.75) is 51.1 Å². The molecule has 3 rings (SSSR count). The average molecular weight is 280 g/mol. The van der Waals surface area contributed by atoms with Gasteiger partial charge in [0, 0.05) is 19.7 Å². The van der Waals surface area contributed by atoms with Crippen LogP contribution in [0.5, 0.6) is 0 Å². The van der Waals surface area contributed by atoms with Crippen molar-refractivity contribution in [1.29, 1.82) is 0 Å². The van der Waals surface area contributed by atoms with E-state index in [1.54, 1.807) is 0 Å². The van der Waals surface area contributed by atoms with E-state index in [1.807, 2.05) is 16.7 Å². The number of ether oxygens (including phenoxy) is 1. The van der Waals surface area contributed by atoms with E-state index in [9.17, 15) is 9.59 Å². The molecular formula is C15H24N2O3. The SMILES string of the molecule is CC1C(=O)N2CCCCC2C(=O)N1CC1CCCOC1. The predicted molar refractivity (Wildman–Crippen MR) is 74.1 cm³/mol. The molecule has 0 N–H and O–H groups in total. The molecule has 0 aromatic heterocycles. The first kappa shape index (κ1) is 13.9. The van der Waals surface area contributed by atoms with Gasteiger partial charge in [0.1, 0.15) is 12.1 Å². The Morgan fingerprint density at radius 2 is 2.00 bits per heavy atom. The molecule has 5 nitrogen and oxygen atoms in total. The molecule has 2 amide bonds. The number of rotatable bonds is 2. The normalized spacial score (nSPS) is 35.1. The summed E-state index contributed by atoms with van der Waals surface area (Å²) < 4.78 is 5.49. The van der Waals surface area contributed by atoms with E-state index in [1.165, 1.54) is 0 Å². The molecule has 0 radical (unpaired) electrons. The lowest BCUT2D eigenvalue weighted by Crippen LogP contribution is -2.65. The zero-order chi connectivity index (χ0) is 14.1. The highest BCUT2D eigenvalue weighted by Gasteiger charge is 2.45. The molecule has 20 heavy (non-hydrogen) atoms. The van der Waals surface area contributed by atoms with E-state index in [2.05, 4.69) is 0 Å². The smallest absolute Gasteiger partial charge is 0.246 e. The third-order valence-electron chi connectivity index (χ3n) is 4.89. The zero-order valence-electron chi connectivity index (χ0n) is 12.2. The number of carbonyl (C=O) groups is 2. The fourth-order valence-corrected chi connectivity index (χ4v) is 3.69. The van der Waals surface area contributed by atoms with Gasteiger partial charge in [0.25, 0.3) is 0 Å². The summed E-state index contributed by atoms with van der Waals surface area (Å²) in [6.07, 6.45) is 5.06. The highest BCUT2D eigenvalue weighted by Crippen LogP contribution is 2.27. The number of fused-ring (bicyclic) bond motifs is 1. The summed E-state index contributed by atoms with van der Waals surface area (Å²) in [6.45, 7) is 4.85. The van der Waals surface area contributed by atoms with Crippen LogP contribution in [0.2, 0.25) is 0 Å². The molecule has 0 bridgehead atoms. The first-order chi connectivity index (χ1) is 9.68. The van der Waals surface area contributed by atoms with Crippen LogP contribution in [0.1, 0.15) is 39.0 Å². The molecule has 0 aliphatic carbocycles. The molecule has 0 aromatic carbocycles. The van der Waals surface area contributed by atoms with Crippen molar-refractivity contribution in [1.82, 2.24) is 9.80 Å². The van der Waals surface area contributed by atoms with Gasteiger partial charge >= 0.3 is 0 Å². The molecule has 3 fully saturated rings. The van der Waals surface area contributed by atoms with Crippen LogP contribution in [-0.4, -0.2) is 60.0 Å². The monoisotopic (exact) mass is 280 g/mol. The van der Waals surface area contributed by atoms with Crippen molar-refractivity contribution in [3.8, 4) is 0 Å². The summed E-state index contributed by atoms with van der Waals surface area (Å²) in [4.78, 5) is 28.8. The number of piperazine rings is 1. The van der Waals surface area contributed by atoms with E-state index in [0.717, 1.165) is 51.9 Å². The minimum absolute atomic E-state index is 0.131. The maximum Gasteiger partial charge on any atom is 0.246 e. The molecule has 112 valence electrons. The second-order valence-corrected chi connectivity index (χ2v) is 6.29. The van der Waals surface area contributed by atoms with Gasteiger partial charge in [-0.2, -0.15) is 0 Å². The van der Waals surface area contributed by atoms with Crippen LogP contribution in [0, 0.1) is 5.92 Å². The molecule has 3 atom stereocenters. The van der Waals surface area contributed by atoms with Gasteiger partial charge in [-0.15, -0.1) is 0 Å². The number of hydrogen-bond donors (Lipinski definition) is 0. The third kappa shape index (κ3) is 2.43. The van der Waals surface area contributed by atoms with Crippen molar-refractivity contribution in [2.24, 2.45) is 5.92 Å². The van der Waals surface area contributed by atoms with E-state index < -0.39 is 0 Å². The largest absolute Gasteiger partial charge is 0.381 e. The fourth-order valence-electron chi connectivity index (χ4n) is 3.69. The van der Waals surface area contributed by atoms with Gasteiger partial charge < -0.3 is 14.5 Å². The first-order valence-electron chi connectivity index (χ1n) is 7.87. The van der Waals surface area contributed by atoms with Crippen molar-refractivity contribution in [3.63, 3.8) is 0 Å². The Bertz CT molecular complexity index is 393. The van der Waals surface area contributed by atoms with Crippen LogP contribution in [-0.2, 0) is 14.3 Å². The molecule has 3 aliphatic rings. The number of amides is 2. The van der Waals surface area contributed by atoms with Gasteiger partial charge in [-0.05, 0) is 44.9 Å². The van der Waals surface area contributed by atoms with E-state index in [4.69, 9.17) is 4.74 Å². The molecule has 0 saturated carbocycles. The molecule has 5 heteroatoms. The Hall–Kier alpha value is -1.10. The second-order valence-electron chi connectivity index (χ2n) is 6.29. The standard InChI is InChI=1S/C15H24N2O3/c1-11-14(18)16-7-3-2-6-13(16)15(19)17(11)9-12-5-4-8-20-10-12/h11-13H,2-10H2,1H3. The number of nitrogens with zero attached hydrogens (tertiary/aromatic N) is 2. The number of hydrogen-bond acceptors (Lipinski definition) is 3.